The van der Waals surface area contributed by atoms with Crippen LogP contribution < -0.4 is 14.8 Å². The Morgan fingerprint density at radius 3 is 2.42 bits per heavy atom. The van der Waals surface area contributed by atoms with Crippen molar-refractivity contribution in [3.8, 4) is 11.5 Å². The molecule has 0 saturated heterocycles. The van der Waals surface area contributed by atoms with Gasteiger partial charge in [-0.05, 0) is 36.8 Å². The Bertz CT molecular complexity index is 847. The topological polar surface area (TPSA) is 89.1 Å². The fourth-order valence-electron chi connectivity index (χ4n) is 2.46. The maximum Gasteiger partial charge on any atom is 0.258 e. The largest absolute Gasteiger partial charge is 0.497 e. The van der Waals surface area contributed by atoms with Gasteiger partial charge in [0.05, 0.1) is 7.11 Å². The number of aromatic amines is 1. The van der Waals surface area contributed by atoms with E-state index in [0.29, 0.717) is 17.4 Å². The van der Waals surface area contributed by atoms with E-state index in [1.165, 1.54) is 0 Å². The van der Waals surface area contributed by atoms with Crippen LogP contribution in [-0.2, 0) is 4.79 Å². The number of amides is 1. The Hall–Kier alpha value is -3.35. The number of aryl methyl sites for hydroxylation is 1. The fourth-order valence-corrected chi connectivity index (χ4v) is 2.46. The van der Waals surface area contributed by atoms with Gasteiger partial charge in [0.2, 0.25) is 0 Å². The Morgan fingerprint density at radius 2 is 1.81 bits per heavy atom. The predicted octanol–water partition coefficient (Wildman–Crippen LogP) is 2.41. The number of carbonyl (C=O) groups excluding carboxylic acids is 1. The van der Waals surface area contributed by atoms with Crippen molar-refractivity contribution in [2.45, 2.75) is 13.0 Å². The summed E-state index contributed by atoms with van der Waals surface area (Å²) in [7, 11) is 1.60. The summed E-state index contributed by atoms with van der Waals surface area (Å²) in [6.07, 6.45) is 0. The third-order valence-electron chi connectivity index (χ3n) is 3.74. The van der Waals surface area contributed by atoms with Gasteiger partial charge in [-0.25, -0.2) is 4.98 Å². The summed E-state index contributed by atoms with van der Waals surface area (Å²) in [5, 5.41) is 9.90. The highest BCUT2D eigenvalue weighted by Crippen LogP contribution is 2.19. The first-order valence-electron chi connectivity index (χ1n) is 8.16. The molecule has 1 atom stereocenters. The van der Waals surface area contributed by atoms with Gasteiger partial charge in [-0.3, -0.25) is 9.89 Å². The van der Waals surface area contributed by atoms with E-state index in [2.05, 4.69) is 20.5 Å². The average molecular weight is 352 g/mol. The quantitative estimate of drug-likeness (QED) is 0.682. The van der Waals surface area contributed by atoms with E-state index in [1.807, 2.05) is 37.3 Å². The van der Waals surface area contributed by atoms with Crippen molar-refractivity contribution in [3.63, 3.8) is 0 Å². The number of carbonyl (C=O) groups is 1. The van der Waals surface area contributed by atoms with Crippen LogP contribution >= 0.6 is 0 Å². The van der Waals surface area contributed by atoms with Crippen LogP contribution in [0.3, 0.4) is 0 Å². The van der Waals surface area contributed by atoms with Crippen LogP contribution in [0, 0.1) is 6.92 Å². The number of H-pyrrole nitrogens is 1. The first kappa shape index (κ1) is 17.5. The molecule has 0 aliphatic carbocycles. The van der Waals surface area contributed by atoms with Crippen molar-refractivity contribution >= 4 is 5.91 Å². The Kier molecular flexibility index (Phi) is 5.48. The molecule has 0 spiro atoms. The molecular formula is C19H20N4O3. The van der Waals surface area contributed by atoms with Gasteiger partial charge in [0, 0.05) is 0 Å². The molecule has 2 N–H and O–H groups in total. The minimum Gasteiger partial charge on any atom is -0.497 e. The van der Waals surface area contributed by atoms with E-state index in [1.54, 1.807) is 31.4 Å². The molecule has 1 amide bonds. The number of aromatic nitrogens is 3. The zero-order valence-electron chi connectivity index (χ0n) is 14.6. The molecule has 0 aliphatic rings. The van der Waals surface area contributed by atoms with Gasteiger partial charge in [-0.2, -0.15) is 5.10 Å². The minimum atomic E-state index is -0.451. The number of nitrogens with zero attached hydrogens (tertiary/aromatic N) is 2. The van der Waals surface area contributed by atoms with Crippen molar-refractivity contribution in [3.05, 3.63) is 71.8 Å². The minimum absolute atomic E-state index is 0.112. The molecule has 1 aromatic heterocycles. The Labute approximate surface area is 151 Å². The van der Waals surface area contributed by atoms with Crippen molar-refractivity contribution in [2.24, 2.45) is 0 Å². The number of methoxy groups -OCH3 is 1. The van der Waals surface area contributed by atoms with E-state index >= 15 is 0 Å². The van der Waals surface area contributed by atoms with E-state index < -0.39 is 6.04 Å². The second-order valence-electron chi connectivity index (χ2n) is 5.65. The van der Waals surface area contributed by atoms with E-state index in [0.717, 1.165) is 11.3 Å². The number of hydrogen-bond acceptors (Lipinski definition) is 5. The van der Waals surface area contributed by atoms with Crippen LogP contribution in [0.1, 0.15) is 23.3 Å². The number of ether oxygens (including phenoxy) is 2. The molecule has 3 aromatic rings. The zero-order chi connectivity index (χ0) is 18.4. The lowest BCUT2D eigenvalue weighted by molar-refractivity contribution is -0.123. The van der Waals surface area contributed by atoms with Crippen molar-refractivity contribution in [1.29, 1.82) is 0 Å². The maximum absolute atomic E-state index is 12.4. The molecule has 0 fully saturated rings. The molecule has 134 valence electrons. The highest BCUT2D eigenvalue weighted by atomic mass is 16.5. The van der Waals surface area contributed by atoms with Gasteiger partial charge < -0.3 is 14.8 Å². The molecule has 7 heteroatoms. The van der Waals surface area contributed by atoms with Crippen LogP contribution in [0.5, 0.6) is 11.5 Å². The highest BCUT2D eigenvalue weighted by Gasteiger charge is 2.21. The average Bonchev–Trinajstić information content (AvgIpc) is 3.11. The van der Waals surface area contributed by atoms with E-state index in [-0.39, 0.29) is 12.5 Å². The summed E-state index contributed by atoms with van der Waals surface area (Å²) in [4.78, 5) is 16.7. The highest BCUT2D eigenvalue weighted by molar-refractivity contribution is 5.78. The standard InChI is InChI=1S/C19H20N4O3/c1-13-20-19(23-22-13)18(14-6-4-3-5-7-14)21-17(24)12-26-16-10-8-15(25-2)9-11-16/h3-11,18H,12H2,1-2H3,(H,21,24)(H,20,22,23). The van der Waals surface area contributed by atoms with Gasteiger partial charge in [-0.15, -0.1) is 0 Å². The van der Waals surface area contributed by atoms with Crippen molar-refractivity contribution in [2.75, 3.05) is 13.7 Å². The second-order valence-corrected chi connectivity index (χ2v) is 5.65. The maximum atomic E-state index is 12.4. The first-order chi connectivity index (χ1) is 12.7. The van der Waals surface area contributed by atoms with Crippen molar-refractivity contribution in [1.82, 2.24) is 20.5 Å². The lowest BCUT2D eigenvalue weighted by Crippen LogP contribution is -2.33. The van der Waals surface area contributed by atoms with Gasteiger partial charge in [0.25, 0.3) is 5.91 Å². The van der Waals surface area contributed by atoms with Crippen molar-refractivity contribution < 1.29 is 14.3 Å². The van der Waals surface area contributed by atoms with Gasteiger partial charge >= 0.3 is 0 Å². The molecular weight excluding hydrogens is 332 g/mol. The monoisotopic (exact) mass is 352 g/mol. The molecule has 0 saturated carbocycles. The fraction of sp³-hybridized carbons (Fsp3) is 0.211. The van der Waals surface area contributed by atoms with Crippen LogP contribution in [0.2, 0.25) is 0 Å². The zero-order valence-corrected chi connectivity index (χ0v) is 14.6. The summed E-state index contributed by atoms with van der Waals surface area (Å²) in [6, 6.07) is 16.2. The number of nitrogens with one attached hydrogen (secondary N) is 2. The first-order valence-corrected chi connectivity index (χ1v) is 8.16. The number of rotatable bonds is 7. The lowest BCUT2D eigenvalue weighted by Gasteiger charge is -2.16. The van der Waals surface area contributed by atoms with E-state index in [4.69, 9.17) is 9.47 Å². The summed E-state index contributed by atoms with van der Waals surface area (Å²) in [6.45, 7) is 1.70. The smallest absolute Gasteiger partial charge is 0.258 e. The second kappa shape index (κ2) is 8.15. The molecule has 0 radical (unpaired) electrons. The van der Waals surface area contributed by atoms with Crippen LogP contribution in [-0.4, -0.2) is 34.8 Å². The normalized spacial score (nSPS) is 11.6. The summed E-state index contributed by atoms with van der Waals surface area (Å²) < 4.78 is 10.6. The van der Waals surface area contributed by atoms with E-state index in [9.17, 15) is 4.79 Å². The third-order valence-corrected chi connectivity index (χ3v) is 3.74. The molecule has 2 aromatic carbocycles. The van der Waals surface area contributed by atoms with Crippen LogP contribution in [0.4, 0.5) is 0 Å². The summed E-state index contributed by atoms with van der Waals surface area (Å²) in [5.74, 6) is 2.24. The van der Waals surface area contributed by atoms with Crippen LogP contribution in [0.15, 0.2) is 54.6 Å². The number of hydrogen-bond donors (Lipinski definition) is 2. The molecule has 0 bridgehead atoms. The van der Waals surface area contributed by atoms with Gasteiger partial charge in [0.15, 0.2) is 12.4 Å². The molecule has 26 heavy (non-hydrogen) atoms. The Morgan fingerprint density at radius 1 is 1.12 bits per heavy atom. The third kappa shape index (κ3) is 4.38. The molecule has 7 nitrogen and oxygen atoms in total. The summed E-state index contributed by atoms with van der Waals surface area (Å²) in [5.41, 5.74) is 0.893. The van der Waals surface area contributed by atoms with Gasteiger partial charge in [-0.1, -0.05) is 30.3 Å². The molecule has 1 heterocycles. The summed E-state index contributed by atoms with van der Waals surface area (Å²) >= 11 is 0. The SMILES string of the molecule is COc1ccc(OCC(=O)NC(c2ccccc2)c2n[nH]c(C)n2)cc1. The molecule has 3 rings (SSSR count). The molecule has 0 aliphatic heterocycles. The lowest BCUT2D eigenvalue weighted by atomic mass is 10.1. The Balaban J connectivity index is 1.67. The molecule has 1 unspecified atom stereocenters. The van der Waals surface area contributed by atoms with Crippen LogP contribution in [0.25, 0.3) is 0 Å². The predicted molar refractivity (Wildman–Crippen MR) is 96.0 cm³/mol. The van der Waals surface area contributed by atoms with Gasteiger partial charge in [0.1, 0.15) is 23.4 Å². The number of benzene rings is 2.